The highest BCUT2D eigenvalue weighted by Gasteiger charge is 2.07. The quantitative estimate of drug-likeness (QED) is 0.668. The Hall–Kier alpha value is -0.680. The lowest BCUT2D eigenvalue weighted by Gasteiger charge is -2.01. The maximum Gasteiger partial charge on any atom is 0.328 e. The van der Waals surface area contributed by atoms with E-state index in [2.05, 4.69) is 31.9 Å². The normalized spacial score (nSPS) is 10.8. The highest BCUT2D eigenvalue weighted by atomic mass is 79.9. The van der Waals surface area contributed by atoms with Crippen molar-refractivity contribution in [3.05, 3.63) is 38.5 Å². The molecule has 0 amide bonds. The number of carboxylic acids is 1. The summed E-state index contributed by atoms with van der Waals surface area (Å²) in [6.07, 6.45) is 2.09. The minimum Gasteiger partial charge on any atom is -0.478 e. The van der Waals surface area contributed by atoms with Gasteiger partial charge in [0.15, 0.2) is 0 Å². The number of rotatable bonds is 2. The van der Waals surface area contributed by atoms with E-state index in [1.165, 1.54) is 12.1 Å². The summed E-state index contributed by atoms with van der Waals surface area (Å²) < 4.78 is 14.2. The monoisotopic (exact) mass is 322 g/mol. The predicted octanol–water partition coefficient (Wildman–Crippen LogP) is 3.45. The van der Waals surface area contributed by atoms with Crippen LogP contribution in [0.1, 0.15) is 5.56 Å². The minimum absolute atomic E-state index is 0.210. The highest BCUT2D eigenvalue weighted by molar-refractivity contribution is 9.11. The van der Waals surface area contributed by atoms with Crippen LogP contribution < -0.4 is 0 Å². The SMILES string of the molecule is O=C(O)C=Cc1c(Br)ccc(Br)c1F. The molecule has 0 heterocycles. The average Bonchev–Trinajstić information content (AvgIpc) is 2.11. The third-order valence-electron chi connectivity index (χ3n) is 1.47. The maximum absolute atomic E-state index is 13.4. The van der Waals surface area contributed by atoms with Gasteiger partial charge in [-0.1, -0.05) is 15.9 Å². The first-order chi connectivity index (χ1) is 6.52. The van der Waals surface area contributed by atoms with Gasteiger partial charge in [-0.2, -0.15) is 0 Å². The van der Waals surface area contributed by atoms with Crippen molar-refractivity contribution in [1.29, 1.82) is 0 Å². The first-order valence-electron chi connectivity index (χ1n) is 3.57. The fourth-order valence-corrected chi connectivity index (χ4v) is 1.63. The number of halogens is 3. The molecule has 0 spiro atoms. The summed E-state index contributed by atoms with van der Waals surface area (Å²) in [4.78, 5) is 10.2. The Morgan fingerprint density at radius 3 is 2.50 bits per heavy atom. The molecule has 14 heavy (non-hydrogen) atoms. The second-order valence-electron chi connectivity index (χ2n) is 2.43. The van der Waals surface area contributed by atoms with Gasteiger partial charge in [0.2, 0.25) is 0 Å². The smallest absolute Gasteiger partial charge is 0.328 e. The van der Waals surface area contributed by atoms with Crippen LogP contribution in [0.4, 0.5) is 4.39 Å². The fourth-order valence-electron chi connectivity index (χ4n) is 0.850. The van der Waals surface area contributed by atoms with Gasteiger partial charge in [-0.3, -0.25) is 0 Å². The van der Waals surface area contributed by atoms with E-state index < -0.39 is 11.8 Å². The standard InChI is InChI=1S/C9H5Br2FO2/c10-6-2-3-7(11)9(12)5(6)1-4-8(13)14/h1-4H,(H,13,14). The highest BCUT2D eigenvalue weighted by Crippen LogP contribution is 2.27. The first kappa shape index (κ1) is 11.4. The molecule has 0 aliphatic rings. The van der Waals surface area contributed by atoms with E-state index >= 15 is 0 Å². The van der Waals surface area contributed by atoms with Crippen molar-refractivity contribution >= 4 is 43.9 Å². The molecular formula is C9H5Br2FO2. The zero-order chi connectivity index (χ0) is 10.7. The number of aliphatic carboxylic acids is 1. The second-order valence-corrected chi connectivity index (χ2v) is 4.14. The topological polar surface area (TPSA) is 37.3 Å². The van der Waals surface area contributed by atoms with Crippen molar-refractivity contribution < 1.29 is 14.3 Å². The first-order valence-corrected chi connectivity index (χ1v) is 5.15. The third-order valence-corrected chi connectivity index (χ3v) is 2.78. The van der Waals surface area contributed by atoms with Crippen LogP contribution in [0.2, 0.25) is 0 Å². The molecule has 1 N–H and O–H groups in total. The van der Waals surface area contributed by atoms with Crippen molar-refractivity contribution in [3.63, 3.8) is 0 Å². The van der Waals surface area contributed by atoms with Gasteiger partial charge in [-0.25, -0.2) is 9.18 Å². The Morgan fingerprint density at radius 2 is 1.93 bits per heavy atom. The molecule has 1 rings (SSSR count). The van der Waals surface area contributed by atoms with Crippen LogP contribution in [-0.2, 0) is 4.79 Å². The molecule has 5 heteroatoms. The van der Waals surface area contributed by atoms with E-state index in [0.717, 1.165) is 6.08 Å². The van der Waals surface area contributed by atoms with Gasteiger partial charge >= 0.3 is 5.97 Å². The number of carboxylic acid groups (broad SMARTS) is 1. The Balaban J connectivity index is 3.19. The lowest BCUT2D eigenvalue weighted by atomic mass is 10.2. The Morgan fingerprint density at radius 1 is 1.36 bits per heavy atom. The van der Waals surface area contributed by atoms with E-state index in [1.54, 1.807) is 6.07 Å². The molecule has 0 aromatic heterocycles. The molecule has 1 aromatic rings. The zero-order valence-electron chi connectivity index (χ0n) is 6.80. The van der Waals surface area contributed by atoms with Crippen LogP contribution in [0.5, 0.6) is 0 Å². The Labute approximate surface area is 96.7 Å². The predicted molar refractivity (Wildman–Crippen MR) is 58.5 cm³/mol. The van der Waals surface area contributed by atoms with Crippen molar-refractivity contribution in [2.24, 2.45) is 0 Å². The lowest BCUT2D eigenvalue weighted by molar-refractivity contribution is -0.131. The van der Waals surface area contributed by atoms with Crippen LogP contribution in [0.3, 0.4) is 0 Å². The van der Waals surface area contributed by atoms with Gasteiger partial charge in [0.05, 0.1) is 4.47 Å². The molecule has 0 radical (unpaired) electrons. The molecular weight excluding hydrogens is 319 g/mol. The van der Waals surface area contributed by atoms with E-state index in [9.17, 15) is 9.18 Å². The molecule has 74 valence electrons. The van der Waals surface area contributed by atoms with Gasteiger partial charge in [0, 0.05) is 16.1 Å². The van der Waals surface area contributed by atoms with Crippen LogP contribution in [-0.4, -0.2) is 11.1 Å². The number of hydrogen-bond donors (Lipinski definition) is 1. The van der Waals surface area contributed by atoms with Gasteiger partial charge < -0.3 is 5.11 Å². The number of hydrogen-bond acceptors (Lipinski definition) is 1. The summed E-state index contributed by atoms with van der Waals surface area (Å²) in [5.41, 5.74) is 0.210. The molecule has 0 saturated heterocycles. The summed E-state index contributed by atoms with van der Waals surface area (Å²) in [5, 5.41) is 8.39. The molecule has 1 aromatic carbocycles. The lowest BCUT2D eigenvalue weighted by Crippen LogP contribution is -1.89. The molecule has 2 nitrogen and oxygen atoms in total. The zero-order valence-corrected chi connectivity index (χ0v) is 9.97. The molecule has 0 fully saturated rings. The van der Waals surface area contributed by atoms with Gasteiger partial charge in [0.1, 0.15) is 5.82 Å². The molecule has 0 bridgehead atoms. The third kappa shape index (κ3) is 2.65. The van der Waals surface area contributed by atoms with Crippen LogP contribution in [0.25, 0.3) is 6.08 Å². The summed E-state index contributed by atoms with van der Waals surface area (Å²) in [6.45, 7) is 0. The summed E-state index contributed by atoms with van der Waals surface area (Å²) in [5.74, 6) is -1.60. The van der Waals surface area contributed by atoms with Crippen molar-refractivity contribution in [2.45, 2.75) is 0 Å². The fraction of sp³-hybridized carbons (Fsp3) is 0. The van der Waals surface area contributed by atoms with E-state index in [1.807, 2.05) is 0 Å². The van der Waals surface area contributed by atoms with Crippen molar-refractivity contribution in [2.75, 3.05) is 0 Å². The van der Waals surface area contributed by atoms with E-state index in [0.29, 0.717) is 8.95 Å². The number of benzene rings is 1. The van der Waals surface area contributed by atoms with Crippen LogP contribution in [0.15, 0.2) is 27.2 Å². The van der Waals surface area contributed by atoms with E-state index in [4.69, 9.17) is 5.11 Å². The largest absolute Gasteiger partial charge is 0.478 e. The summed E-state index contributed by atoms with van der Waals surface area (Å²) in [7, 11) is 0. The molecule has 0 atom stereocenters. The summed E-state index contributed by atoms with van der Waals surface area (Å²) in [6, 6.07) is 3.17. The number of carbonyl (C=O) groups is 1. The Kier molecular flexibility index (Phi) is 3.83. The average molecular weight is 324 g/mol. The van der Waals surface area contributed by atoms with Crippen molar-refractivity contribution in [1.82, 2.24) is 0 Å². The van der Waals surface area contributed by atoms with Gasteiger partial charge in [0.25, 0.3) is 0 Å². The molecule has 0 aliphatic heterocycles. The summed E-state index contributed by atoms with van der Waals surface area (Å²) >= 11 is 6.14. The van der Waals surface area contributed by atoms with Crippen LogP contribution in [0, 0.1) is 5.82 Å². The van der Waals surface area contributed by atoms with Gasteiger partial charge in [-0.15, -0.1) is 0 Å². The Bertz CT molecular complexity index is 402. The van der Waals surface area contributed by atoms with Gasteiger partial charge in [-0.05, 0) is 34.1 Å². The second kappa shape index (κ2) is 4.70. The minimum atomic E-state index is -1.11. The molecule has 0 aliphatic carbocycles. The molecule has 0 unspecified atom stereocenters. The molecule has 0 saturated carbocycles. The van der Waals surface area contributed by atoms with Crippen molar-refractivity contribution in [3.8, 4) is 0 Å². The van der Waals surface area contributed by atoms with E-state index in [-0.39, 0.29) is 5.56 Å². The van der Waals surface area contributed by atoms with Crippen LogP contribution >= 0.6 is 31.9 Å². The maximum atomic E-state index is 13.4.